The Bertz CT molecular complexity index is 887. The average Bonchev–Trinajstić information content (AvgIpc) is 3.19. The van der Waals surface area contributed by atoms with Gasteiger partial charge in [-0.25, -0.2) is 9.67 Å². The monoisotopic (exact) mass is 363 g/mol. The van der Waals surface area contributed by atoms with Crippen molar-refractivity contribution >= 4 is 11.8 Å². The summed E-state index contributed by atoms with van der Waals surface area (Å²) in [7, 11) is 0. The molecule has 3 rings (SSSR count). The summed E-state index contributed by atoms with van der Waals surface area (Å²) in [6.45, 7) is 2.95. The SMILES string of the molecule is Cc1ccc(C(=O)NCC(=O)NCc2ccc(Cn3cncn3)cc2)cc1. The summed E-state index contributed by atoms with van der Waals surface area (Å²) in [4.78, 5) is 27.9. The Labute approximate surface area is 157 Å². The Morgan fingerprint density at radius 2 is 1.67 bits per heavy atom. The zero-order chi connectivity index (χ0) is 19.1. The first-order valence-electron chi connectivity index (χ1n) is 8.62. The molecule has 138 valence electrons. The van der Waals surface area contributed by atoms with E-state index in [0.717, 1.165) is 16.7 Å². The van der Waals surface area contributed by atoms with Crippen molar-refractivity contribution in [2.24, 2.45) is 0 Å². The normalized spacial score (nSPS) is 10.4. The zero-order valence-corrected chi connectivity index (χ0v) is 15.1. The van der Waals surface area contributed by atoms with Crippen molar-refractivity contribution in [3.8, 4) is 0 Å². The van der Waals surface area contributed by atoms with Gasteiger partial charge in [-0.3, -0.25) is 9.59 Å². The number of aromatic nitrogens is 3. The van der Waals surface area contributed by atoms with Crippen molar-refractivity contribution < 1.29 is 9.59 Å². The van der Waals surface area contributed by atoms with Crippen LogP contribution in [-0.4, -0.2) is 33.1 Å². The second-order valence-electron chi connectivity index (χ2n) is 6.23. The van der Waals surface area contributed by atoms with E-state index in [1.165, 1.54) is 6.33 Å². The van der Waals surface area contributed by atoms with Gasteiger partial charge in [0.25, 0.3) is 5.91 Å². The van der Waals surface area contributed by atoms with Crippen molar-refractivity contribution in [3.63, 3.8) is 0 Å². The first-order chi connectivity index (χ1) is 13.1. The molecular weight excluding hydrogens is 342 g/mol. The molecule has 0 unspecified atom stereocenters. The average molecular weight is 363 g/mol. The molecule has 0 atom stereocenters. The van der Waals surface area contributed by atoms with Crippen molar-refractivity contribution in [2.75, 3.05) is 6.54 Å². The van der Waals surface area contributed by atoms with Gasteiger partial charge in [0, 0.05) is 12.1 Å². The number of carbonyl (C=O) groups excluding carboxylic acids is 2. The highest BCUT2D eigenvalue weighted by Crippen LogP contribution is 2.06. The van der Waals surface area contributed by atoms with Gasteiger partial charge in [-0.2, -0.15) is 5.10 Å². The van der Waals surface area contributed by atoms with E-state index in [4.69, 9.17) is 0 Å². The van der Waals surface area contributed by atoms with Crippen LogP contribution in [0.3, 0.4) is 0 Å². The van der Waals surface area contributed by atoms with Gasteiger partial charge >= 0.3 is 0 Å². The molecule has 2 N–H and O–H groups in total. The van der Waals surface area contributed by atoms with Gasteiger partial charge in [-0.1, -0.05) is 42.0 Å². The highest BCUT2D eigenvalue weighted by molar-refractivity contribution is 5.96. The molecule has 0 saturated heterocycles. The number of rotatable bonds is 7. The van der Waals surface area contributed by atoms with E-state index in [1.807, 2.05) is 43.3 Å². The van der Waals surface area contributed by atoms with E-state index in [1.54, 1.807) is 23.1 Å². The molecule has 27 heavy (non-hydrogen) atoms. The maximum atomic E-state index is 12.0. The zero-order valence-electron chi connectivity index (χ0n) is 15.1. The van der Waals surface area contributed by atoms with Gasteiger partial charge in [-0.05, 0) is 30.2 Å². The number of nitrogens with zero attached hydrogens (tertiary/aromatic N) is 3. The molecule has 0 aliphatic heterocycles. The summed E-state index contributed by atoms with van der Waals surface area (Å²) in [5.74, 6) is -0.496. The lowest BCUT2D eigenvalue weighted by molar-refractivity contribution is -0.120. The van der Waals surface area contributed by atoms with Gasteiger partial charge in [0.2, 0.25) is 5.91 Å². The summed E-state index contributed by atoms with van der Waals surface area (Å²) in [6.07, 6.45) is 3.17. The quantitative estimate of drug-likeness (QED) is 0.668. The van der Waals surface area contributed by atoms with Crippen molar-refractivity contribution in [1.82, 2.24) is 25.4 Å². The molecule has 0 fully saturated rings. The lowest BCUT2D eigenvalue weighted by Crippen LogP contribution is -2.36. The molecule has 3 aromatic rings. The second kappa shape index (κ2) is 8.75. The third-order valence-electron chi connectivity index (χ3n) is 4.05. The second-order valence-corrected chi connectivity index (χ2v) is 6.23. The lowest BCUT2D eigenvalue weighted by atomic mass is 10.1. The Balaban J connectivity index is 1.42. The van der Waals surface area contributed by atoms with Crippen LogP contribution in [0.5, 0.6) is 0 Å². The van der Waals surface area contributed by atoms with Crippen LogP contribution in [0.25, 0.3) is 0 Å². The topological polar surface area (TPSA) is 88.9 Å². The van der Waals surface area contributed by atoms with Crippen LogP contribution >= 0.6 is 0 Å². The minimum absolute atomic E-state index is 0.0584. The van der Waals surface area contributed by atoms with E-state index in [9.17, 15) is 9.59 Å². The van der Waals surface area contributed by atoms with Crippen LogP contribution in [0.15, 0.2) is 61.2 Å². The lowest BCUT2D eigenvalue weighted by Gasteiger charge is -2.08. The number of carbonyl (C=O) groups is 2. The fourth-order valence-electron chi connectivity index (χ4n) is 2.49. The fourth-order valence-corrected chi connectivity index (χ4v) is 2.49. The van der Waals surface area contributed by atoms with Crippen LogP contribution in [-0.2, 0) is 17.9 Å². The molecule has 1 aromatic heterocycles. The smallest absolute Gasteiger partial charge is 0.251 e. The fraction of sp³-hybridized carbons (Fsp3) is 0.200. The molecule has 0 radical (unpaired) electrons. The summed E-state index contributed by atoms with van der Waals surface area (Å²) < 4.78 is 1.74. The molecule has 1 heterocycles. The number of aryl methyl sites for hydroxylation is 1. The molecule has 0 spiro atoms. The molecule has 7 heteroatoms. The highest BCUT2D eigenvalue weighted by atomic mass is 16.2. The van der Waals surface area contributed by atoms with Crippen molar-refractivity contribution in [1.29, 1.82) is 0 Å². The van der Waals surface area contributed by atoms with Crippen molar-refractivity contribution in [2.45, 2.75) is 20.0 Å². The third-order valence-corrected chi connectivity index (χ3v) is 4.05. The van der Waals surface area contributed by atoms with Gasteiger partial charge in [0.15, 0.2) is 0 Å². The molecule has 2 aromatic carbocycles. The van der Waals surface area contributed by atoms with E-state index in [2.05, 4.69) is 20.7 Å². The predicted molar refractivity (Wildman–Crippen MR) is 101 cm³/mol. The van der Waals surface area contributed by atoms with Crippen LogP contribution in [0.4, 0.5) is 0 Å². The van der Waals surface area contributed by atoms with E-state index in [-0.39, 0.29) is 18.4 Å². The van der Waals surface area contributed by atoms with Gasteiger partial charge in [0.1, 0.15) is 12.7 Å². The van der Waals surface area contributed by atoms with Crippen molar-refractivity contribution in [3.05, 3.63) is 83.4 Å². The molecule has 0 aliphatic rings. The molecular formula is C20H21N5O2. The molecule has 2 amide bonds. The van der Waals surface area contributed by atoms with Crippen LogP contribution in [0.1, 0.15) is 27.0 Å². The van der Waals surface area contributed by atoms with Crippen LogP contribution in [0, 0.1) is 6.92 Å². The summed E-state index contributed by atoms with van der Waals surface area (Å²) >= 11 is 0. The number of nitrogens with one attached hydrogen (secondary N) is 2. The predicted octanol–water partition coefficient (Wildman–Crippen LogP) is 1.68. The molecule has 7 nitrogen and oxygen atoms in total. The standard InChI is InChI=1S/C20H21N5O2/c1-15-2-8-18(9-3-15)20(27)23-11-19(26)22-10-16-4-6-17(7-5-16)12-25-14-21-13-24-25/h2-9,13-14H,10-12H2,1H3,(H,22,26)(H,23,27). The first kappa shape index (κ1) is 18.3. The first-order valence-corrected chi connectivity index (χ1v) is 8.62. The summed E-state index contributed by atoms with van der Waals surface area (Å²) in [6, 6.07) is 15.1. The Morgan fingerprint density at radius 3 is 2.33 bits per heavy atom. The largest absolute Gasteiger partial charge is 0.350 e. The Morgan fingerprint density at radius 1 is 0.963 bits per heavy atom. The van der Waals surface area contributed by atoms with Gasteiger partial charge < -0.3 is 10.6 Å². The highest BCUT2D eigenvalue weighted by Gasteiger charge is 2.07. The number of amides is 2. The minimum atomic E-state index is -0.261. The summed E-state index contributed by atoms with van der Waals surface area (Å²) in [5.41, 5.74) is 3.70. The number of hydrogen-bond acceptors (Lipinski definition) is 4. The molecule has 0 saturated carbocycles. The van der Waals surface area contributed by atoms with E-state index in [0.29, 0.717) is 18.7 Å². The summed E-state index contributed by atoms with van der Waals surface area (Å²) in [5, 5.41) is 9.49. The maximum absolute atomic E-state index is 12.0. The van der Waals surface area contributed by atoms with Gasteiger partial charge in [-0.15, -0.1) is 0 Å². The van der Waals surface area contributed by atoms with E-state index < -0.39 is 0 Å². The van der Waals surface area contributed by atoms with E-state index >= 15 is 0 Å². The van der Waals surface area contributed by atoms with Crippen LogP contribution in [0.2, 0.25) is 0 Å². The molecule has 0 aliphatic carbocycles. The molecule has 0 bridgehead atoms. The minimum Gasteiger partial charge on any atom is -0.350 e. The number of benzene rings is 2. The Hall–Kier alpha value is -3.48. The maximum Gasteiger partial charge on any atom is 0.251 e. The van der Waals surface area contributed by atoms with Gasteiger partial charge in [0.05, 0.1) is 13.1 Å². The third kappa shape index (κ3) is 5.50. The van der Waals surface area contributed by atoms with Crippen LogP contribution < -0.4 is 10.6 Å². The number of hydrogen-bond donors (Lipinski definition) is 2. The Kier molecular flexibility index (Phi) is 5.94.